The minimum Gasteiger partial charge on any atom is -0.398 e. The summed E-state index contributed by atoms with van der Waals surface area (Å²) in [5.41, 5.74) is 6.20. The van der Waals surface area contributed by atoms with E-state index in [4.69, 9.17) is 10.5 Å². The number of nitrogens with two attached hydrogens (primary N) is 1. The van der Waals surface area contributed by atoms with Gasteiger partial charge in [0.05, 0.1) is 12.6 Å². The van der Waals surface area contributed by atoms with E-state index in [2.05, 4.69) is 0 Å². The van der Waals surface area contributed by atoms with E-state index < -0.39 is 0 Å². The second kappa shape index (κ2) is 3.22. The molecule has 1 unspecified atom stereocenters. The van der Waals surface area contributed by atoms with Gasteiger partial charge in [-0.25, -0.2) is 0 Å². The average Bonchev–Trinajstić information content (AvgIpc) is 2.61. The number of nitrogens with zero attached hydrogens (tertiary/aromatic N) is 1. The molecule has 0 saturated carbocycles. The van der Waals surface area contributed by atoms with Gasteiger partial charge < -0.3 is 15.0 Å². The summed E-state index contributed by atoms with van der Waals surface area (Å²) in [6.07, 6.45) is 2.57. The van der Waals surface area contributed by atoms with Crippen LogP contribution in [0, 0.1) is 0 Å². The van der Waals surface area contributed by atoms with E-state index in [-0.39, 0.29) is 11.6 Å². The lowest BCUT2D eigenvalue weighted by Gasteiger charge is -2.11. The number of aromatic nitrogens is 1. The van der Waals surface area contributed by atoms with Gasteiger partial charge in [-0.1, -0.05) is 0 Å². The first-order chi connectivity index (χ1) is 6.27. The van der Waals surface area contributed by atoms with Gasteiger partial charge in [-0.05, 0) is 12.5 Å². The SMILES string of the molecule is Nc1ccc(=O)n(C2CCOC2)c1. The summed E-state index contributed by atoms with van der Waals surface area (Å²) in [7, 11) is 0. The zero-order valence-corrected chi connectivity index (χ0v) is 7.27. The molecule has 4 nitrogen and oxygen atoms in total. The zero-order valence-electron chi connectivity index (χ0n) is 7.27. The maximum absolute atomic E-state index is 11.4. The number of anilines is 1. The molecule has 2 heterocycles. The minimum atomic E-state index is -0.00954. The lowest BCUT2D eigenvalue weighted by molar-refractivity contribution is 0.186. The van der Waals surface area contributed by atoms with Gasteiger partial charge >= 0.3 is 0 Å². The Bertz CT molecular complexity index is 353. The van der Waals surface area contributed by atoms with Gasteiger partial charge in [-0.3, -0.25) is 4.79 Å². The molecule has 4 heteroatoms. The van der Waals surface area contributed by atoms with Crippen LogP contribution in [0.2, 0.25) is 0 Å². The van der Waals surface area contributed by atoms with Gasteiger partial charge in [0.1, 0.15) is 0 Å². The second-order valence-corrected chi connectivity index (χ2v) is 3.23. The van der Waals surface area contributed by atoms with Gasteiger partial charge in [0.15, 0.2) is 0 Å². The van der Waals surface area contributed by atoms with Crippen LogP contribution in [0.25, 0.3) is 0 Å². The number of hydrogen-bond acceptors (Lipinski definition) is 3. The predicted molar refractivity (Wildman–Crippen MR) is 49.6 cm³/mol. The molecule has 1 aliphatic rings. The standard InChI is InChI=1S/C9H12N2O2/c10-7-1-2-9(12)11(5-7)8-3-4-13-6-8/h1-2,5,8H,3-4,6,10H2. The molecule has 1 aliphatic heterocycles. The Morgan fingerprint density at radius 1 is 1.54 bits per heavy atom. The number of ether oxygens (including phenoxy) is 1. The molecule has 1 fully saturated rings. The Morgan fingerprint density at radius 2 is 2.38 bits per heavy atom. The maximum Gasteiger partial charge on any atom is 0.250 e. The maximum atomic E-state index is 11.4. The molecule has 0 radical (unpaired) electrons. The summed E-state index contributed by atoms with van der Waals surface area (Å²) >= 11 is 0. The highest BCUT2D eigenvalue weighted by Crippen LogP contribution is 2.17. The summed E-state index contributed by atoms with van der Waals surface area (Å²) < 4.78 is 6.86. The third kappa shape index (κ3) is 1.58. The van der Waals surface area contributed by atoms with Crippen LogP contribution in [0.15, 0.2) is 23.1 Å². The zero-order chi connectivity index (χ0) is 9.26. The van der Waals surface area contributed by atoms with Gasteiger partial charge in [-0.2, -0.15) is 0 Å². The first-order valence-electron chi connectivity index (χ1n) is 4.33. The molecule has 1 aromatic rings. The molecule has 0 aromatic carbocycles. The topological polar surface area (TPSA) is 57.2 Å². The van der Waals surface area contributed by atoms with E-state index in [0.717, 1.165) is 13.0 Å². The molecule has 1 aromatic heterocycles. The Labute approximate surface area is 75.9 Å². The third-order valence-corrected chi connectivity index (χ3v) is 2.26. The largest absolute Gasteiger partial charge is 0.398 e. The minimum absolute atomic E-state index is 0.00954. The highest BCUT2D eigenvalue weighted by atomic mass is 16.5. The first-order valence-corrected chi connectivity index (χ1v) is 4.33. The van der Waals surface area contributed by atoms with E-state index in [1.807, 2.05) is 0 Å². The van der Waals surface area contributed by atoms with E-state index in [9.17, 15) is 4.79 Å². The van der Waals surface area contributed by atoms with Crippen LogP contribution in [0.1, 0.15) is 12.5 Å². The van der Waals surface area contributed by atoms with E-state index in [1.165, 1.54) is 6.07 Å². The highest BCUT2D eigenvalue weighted by molar-refractivity contribution is 5.33. The summed E-state index contributed by atoms with van der Waals surface area (Å²) in [4.78, 5) is 11.4. The lowest BCUT2D eigenvalue weighted by Crippen LogP contribution is -2.24. The number of nitrogen functional groups attached to an aromatic ring is 1. The van der Waals surface area contributed by atoms with Gasteiger partial charge in [0, 0.05) is 24.6 Å². The Hall–Kier alpha value is -1.29. The molecule has 2 N–H and O–H groups in total. The van der Waals surface area contributed by atoms with Crippen molar-refractivity contribution in [3.63, 3.8) is 0 Å². The fourth-order valence-corrected chi connectivity index (χ4v) is 1.55. The summed E-state index contributed by atoms with van der Waals surface area (Å²) in [6.45, 7) is 1.34. The smallest absolute Gasteiger partial charge is 0.250 e. The molecule has 0 aliphatic carbocycles. The number of hydrogen-bond donors (Lipinski definition) is 1. The number of pyridine rings is 1. The van der Waals surface area contributed by atoms with Gasteiger partial charge in [-0.15, -0.1) is 0 Å². The second-order valence-electron chi connectivity index (χ2n) is 3.23. The van der Waals surface area contributed by atoms with E-state index >= 15 is 0 Å². The van der Waals surface area contributed by atoms with E-state index in [1.54, 1.807) is 16.8 Å². The van der Waals surface area contributed by atoms with Crippen LogP contribution < -0.4 is 11.3 Å². The third-order valence-electron chi connectivity index (χ3n) is 2.26. The molecule has 0 amide bonds. The summed E-state index contributed by atoms with van der Waals surface area (Å²) in [6, 6.07) is 3.28. The fraction of sp³-hybridized carbons (Fsp3) is 0.444. The number of rotatable bonds is 1. The van der Waals surface area contributed by atoms with E-state index in [0.29, 0.717) is 12.3 Å². The van der Waals surface area contributed by atoms with Crippen molar-refractivity contribution >= 4 is 5.69 Å². The predicted octanol–water partition coefficient (Wildman–Crippen LogP) is 0.392. The molecule has 1 atom stereocenters. The molecule has 13 heavy (non-hydrogen) atoms. The van der Waals surface area contributed by atoms with Crippen molar-refractivity contribution in [1.29, 1.82) is 0 Å². The first kappa shape index (κ1) is 8.31. The van der Waals surface area contributed by atoms with Crippen molar-refractivity contribution in [2.45, 2.75) is 12.5 Å². The molecular weight excluding hydrogens is 168 g/mol. The van der Waals surface area contributed by atoms with Crippen LogP contribution >= 0.6 is 0 Å². The van der Waals surface area contributed by atoms with Crippen molar-refractivity contribution in [1.82, 2.24) is 4.57 Å². The van der Waals surface area contributed by atoms with Gasteiger partial charge in [0.25, 0.3) is 5.56 Å². The van der Waals surface area contributed by atoms with Crippen LogP contribution in [-0.2, 0) is 4.74 Å². The lowest BCUT2D eigenvalue weighted by atomic mass is 10.2. The van der Waals surface area contributed by atoms with Crippen LogP contribution in [0.4, 0.5) is 5.69 Å². The average molecular weight is 180 g/mol. The Morgan fingerprint density at radius 3 is 3.08 bits per heavy atom. The van der Waals surface area contributed by atoms with Crippen LogP contribution in [0.3, 0.4) is 0 Å². The molecule has 1 saturated heterocycles. The molecule has 2 rings (SSSR count). The van der Waals surface area contributed by atoms with Crippen molar-refractivity contribution < 1.29 is 4.74 Å². The van der Waals surface area contributed by atoms with Crippen molar-refractivity contribution in [2.24, 2.45) is 0 Å². The molecule has 0 spiro atoms. The van der Waals surface area contributed by atoms with Crippen LogP contribution in [-0.4, -0.2) is 17.8 Å². The summed E-state index contributed by atoms with van der Waals surface area (Å²) in [5, 5.41) is 0. The fourth-order valence-electron chi connectivity index (χ4n) is 1.55. The molecule has 0 bridgehead atoms. The quantitative estimate of drug-likeness (QED) is 0.680. The van der Waals surface area contributed by atoms with Crippen LogP contribution in [0.5, 0.6) is 0 Å². The Balaban J connectivity index is 2.37. The normalized spacial score (nSPS) is 22.0. The molecule has 70 valence electrons. The molecular formula is C9H12N2O2. The van der Waals surface area contributed by atoms with Gasteiger partial charge in [0.2, 0.25) is 0 Å². The summed E-state index contributed by atoms with van der Waals surface area (Å²) in [5.74, 6) is 0. The Kier molecular flexibility index (Phi) is 2.06. The van der Waals surface area contributed by atoms with Crippen molar-refractivity contribution in [3.8, 4) is 0 Å². The monoisotopic (exact) mass is 180 g/mol. The van der Waals surface area contributed by atoms with Crippen molar-refractivity contribution in [2.75, 3.05) is 18.9 Å². The highest BCUT2D eigenvalue weighted by Gasteiger charge is 2.17. The van der Waals surface area contributed by atoms with Crippen molar-refractivity contribution in [3.05, 3.63) is 28.7 Å².